The van der Waals surface area contributed by atoms with Crippen molar-refractivity contribution in [3.05, 3.63) is 60.0 Å². The first-order chi connectivity index (χ1) is 16.6. The van der Waals surface area contributed by atoms with Gasteiger partial charge in [0.25, 0.3) is 0 Å². The smallest absolute Gasteiger partial charge is 0.173 e. The molecule has 1 saturated carbocycles. The van der Waals surface area contributed by atoms with Gasteiger partial charge in [-0.3, -0.25) is 4.98 Å². The zero-order chi connectivity index (χ0) is 23.5. The normalized spacial score (nSPS) is 18.1. The van der Waals surface area contributed by atoms with Crippen molar-refractivity contribution in [2.45, 2.75) is 42.7 Å². The quantitative estimate of drug-likeness (QED) is 0.280. The van der Waals surface area contributed by atoms with Crippen LogP contribution in [0.3, 0.4) is 0 Å². The van der Waals surface area contributed by atoms with Crippen LogP contribution in [0, 0.1) is 0 Å². The van der Waals surface area contributed by atoms with E-state index in [2.05, 4.69) is 20.7 Å². The van der Waals surface area contributed by atoms with Gasteiger partial charge in [-0.25, -0.2) is 4.98 Å². The number of benzene rings is 1. The van der Waals surface area contributed by atoms with E-state index in [1.165, 1.54) is 0 Å². The second-order valence-electron chi connectivity index (χ2n) is 8.32. The molecule has 0 amide bonds. The highest BCUT2D eigenvalue weighted by Gasteiger charge is 2.20. The minimum Gasteiger partial charge on any atom is -0.456 e. The molecule has 0 atom stereocenters. The Labute approximate surface area is 207 Å². The number of thioether (sulfide) groups is 1. The number of hydrogen-bond acceptors (Lipinski definition) is 8. The number of fused-ring (bicyclic) bond motifs is 1. The highest BCUT2D eigenvalue weighted by atomic mass is 35.5. The fourth-order valence-electron chi connectivity index (χ4n) is 4.06. The van der Waals surface area contributed by atoms with Gasteiger partial charge in [-0.15, -0.1) is 11.8 Å². The second kappa shape index (κ2) is 10.1. The van der Waals surface area contributed by atoms with Crippen LogP contribution in [-0.2, 0) is 0 Å². The summed E-state index contributed by atoms with van der Waals surface area (Å²) in [6.45, 7) is 0. The summed E-state index contributed by atoms with van der Waals surface area (Å²) in [4.78, 5) is 9.92. The summed E-state index contributed by atoms with van der Waals surface area (Å²) in [5, 5.41) is 12.2. The van der Waals surface area contributed by atoms with Crippen molar-refractivity contribution >= 4 is 46.3 Å². The Balaban J connectivity index is 1.37. The molecule has 1 fully saturated rings. The molecular weight excluding hydrogens is 470 g/mol. The van der Waals surface area contributed by atoms with Crippen LogP contribution in [0.4, 0.5) is 17.3 Å². The molecule has 0 bridgehead atoms. The first-order valence-electron chi connectivity index (χ1n) is 11.2. The third-order valence-electron chi connectivity index (χ3n) is 5.83. The van der Waals surface area contributed by atoms with Gasteiger partial charge in [-0.2, -0.15) is 9.61 Å². The molecule has 0 unspecified atom stereocenters. The molecule has 4 aromatic rings. The summed E-state index contributed by atoms with van der Waals surface area (Å²) >= 11 is 7.62. The number of nitrogens with two attached hydrogens (primary N) is 1. The van der Waals surface area contributed by atoms with E-state index in [0.717, 1.165) is 53.5 Å². The van der Waals surface area contributed by atoms with Crippen molar-refractivity contribution in [2.75, 3.05) is 16.9 Å². The summed E-state index contributed by atoms with van der Waals surface area (Å²) in [7, 11) is 0. The Morgan fingerprint density at radius 1 is 1.06 bits per heavy atom. The van der Waals surface area contributed by atoms with Crippen LogP contribution in [-0.4, -0.2) is 37.9 Å². The number of aromatic nitrogens is 4. The van der Waals surface area contributed by atoms with Crippen LogP contribution in [0.1, 0.15) is 25.7 Å². The van der Waals surface area contributed by atoms with Gasteiger partial charge >= 0.3 is 0 Å². The third-order valence-corrected chi connectivity index (χ3v) is 6.76. The number of hydrogen-bond donors (Lipinski definition) is 3. The van der Waals surface area contributed by atoms with Gasteiger partial charge in [-0.1, -0.05) is 11.6 Å². The van der Waals surface area contributed by atoms with E-state index in [1.54, 1.807) is 30.2 Å². The second-order valence-corrected chi connectivity index (χ2v) is 9.61. The minimum absolute atomic E-state index is 0.311. The molecule has 3 heterocycles. The van der Waals surface area contributed by atoms with Crippen molar-refractivity contribution in [2.24, 2.45) is 5.73 Å². The van der Waals surface area contributed by atoms with E-state index in [-0.39, 0.29) is 0 Å². The fourth-order valence-corrected chi connectivity index (χ4v) is 4.69. The maximum atomic E-state index is 6.07. The number of rotatable bonds is 7. The van der Waals surface area contributed by atoms with Crippen LogP contribution < -0.4 is 21.1 Å². The summed E-state index contributed by atoms with van der Waals surface area (Å²) < 4.78 is 7.67. The lowest BCUT2D eigenvalue weighted by molar-refractivity contribution is 0.410. The van der Waals surface area contributed by atoms with Crippen LogP contribution in [0.25, 0.3) is 5.65 Å². The van der Waals surface area contributed by atoms with Gasteiger partial charge in [0.05, 0.1) is 22.3 Å². The van der Waals surface area contributed by atoms with Crippen LogP contribution in [0.5, 0.6) is 11.5 Å². The molecule has 0 aliphatic heterocycles. The number of pyridine rings is 1. The van der Waals surface area contributed by atoms with Crippen LogP contribution in [0.2, 0.25) is 5.02 Å². The number of halogens is 1. The molecule has 0 saturated heterocycles. The van der Waals surface area contributed by atoms with Crippen molar-refractivity contribution in [1.82, 2.24) is 19.6 Å². The average molecular weight is 496 g/mol. The summed E-state index contributed by atoms with van der Waals surface area (Å²) in [6.07, 6.45) is 11.2. The number of nitrogens with one attached hydrogen (secondary N) is 2. The average Bonchev–Trinajstić information content (AvgIpc) is 3.25. The Morgan fingerprint density at radius 2 is 1.85 bits per heavy atom. The molecule has 34 heavy (non-hydrogen) atoms. The Morgan fingerprint density at radius 3 is 2.59 bits per heavy atom. The van der Waals surface area contributed by atoms with E-state index in [4.69, 9.17) is 27.1 Å². The molecule has 3 aromatic heterocycles. The molecule has 10 heteroatoms. The molecule has 0 radical (unpaired) electrons. The topological polar surface area (TPSA) is 102 Å². The van der Waals surface area contributed by atoms with E-state index in [0.29, 0.717) is 28.6 Å². The predicted molar refractivity (Wildman–Crippen MR) is 138 cm³/mol. The summed E-state index contributed by atoms with van der Waals surface area (Å²) in [5.41, 5.74) is 7.80. The van der Waals surface area contributed by atoms with Crippen molar-refractivity contribution in [3.8, 4) is 11.5 Å². The lowest BCUT2D eigenvalue weighted by atomic mass is 9.92. The highest BCUT2D eigenvalue weighted by Crippen LogP contribution is 2.29. The monoisotopic (exact) mass is 495 g/mol. The van der Waals surface area contributed by atoms with Gasteiger partial charge in [0, 0.05) is 36.1 Å². The van der Waals surface area contributed by atoms with E-state index >= 15 is 0 Å². The van der Waals surface area contributed by atoms with Crippen molar-refractivity contribution in [3.63, 3.8) is 0 Å². The van der Waals surface area contributed by atoms with Crippen LogP contribution >= 0.6 is 23.4 Å². The zero-order valence-corrected chi connectivity index (χ0v) is 20.3. The maximum absolute atomic E-state index is 6.07. The van der Waals surface area contributed by atoms with Gasteiger partial charge in [-0.05, 0) is 56.2 Å². The molecule has 1 aliphatic rings. The Kier molecular flexibility index (Phi) is 6.75. The summed E-state index contributed by atoms with van der Waals surface area (Å²) in [6, 6.07) is 12.1. The Hall–Kier alpha value is -3.01. The molecular formula is C24H26ClN7OS. The summed E-state index contributed by atoms with van der Waals surface area (Å²) in [5.74, 6) is 2.94. The fraction of sp³-hybridized carbons (Fsp3) is 0.292. The van der Waals surface area contributed by atoms with Gasteiger partial charge in [0.1, 0.15) is 23.1 Å². The molecule has 8 nitrogen and oxygen atoms in total. The molecule has 176 valence electrons. The highest BCUT2D eigenvalue weighted by molar-refractivity contribution is 7.98. The first kappa shape index (κ1) is 22.8. The van der Waals surface area contributed by atoms with Crippen molar-refractivity contribution < 1.29 is 4.74 Å². The van der Waals surface area contributed by atoms with Gasteiger partial charge in [0.2, 0.25) is 0 Å². The van der Waals surface area contributed by atoms with Gasteiger partial charge in [0.15, 0.2) is 5.65 Å². The molecule has 5 rings (SSSR count). The van der Waals surface area contributed by atoms with E-state index < -0.39 is 0 Å². The number of nitrogens with zero attached hydrogens (tertiary/aromatic N) is 4. The lowest BCUT2D eigenvalue weighted by Crippen LogP contribution is -2.33. The van der Waals surface area contributed by atoms with E-state index in [1.807, 2.05) is 47.3 Å². The first-order valence-corrected chi connectivity index (χ1v) is 12.8. The molecule has 4 N–H and O–H groups in total. The predicted octanol–water partition coefficient (Wildman–Crippen LogP) is 5.72. The third kappa shape index (κ3) is 5.22. The number of ether oxygens (including phenoxy) is 1. The lowest BCUT2D eigenvalue weighted by Gasteiger charge is -2.27. The van der Waals surface area contributed by atoms with Crippen molar-refractivity contribution in [1.29, 1.82) is 0 Å². The van der Waals surface area contributed by atoms with Gasteiger partial charge < -0.3 is 21.1 Å². The van der Waals surface area contributed by atoms with Crippen LogP contribution in [0.15, 0.2) is 59.9 Å². The standard InChI is InChI=1S/C24H26ClN7OS/c1-34-21-14-28-32-23(11-22(31-24(21)32)29-17-4-2-16(26)3-5-17)30-18-6-8-19(9-7-18)33-20-10-15(25)12-27-13-20/h6-14,16-17,30H,2-5,26H2,1H3,(H,29,31)/t16-,17-. The minimum atomic E-state index is 0.311. The largest absolute Gasteiger partial charge is 0.456 e. The Bertz CT molecular complexity index is 1270. The van der Waals surface area contributed by atoms with E-state index in [9.17, 15) is 0 Å². The molecule has 1 aromatic carbocycles. The number of anilines is 3. The maximum Gasteiger partial charge on any atom is 0.173 e. The molecule has 1 aliphatic carbocycles. The zero-order valence-electron chi connectivity index (χ0n) is 18.7. The SMILES string of the molecule is CSc1cnn2c(Nc3ccc(Oc4cncc(Cl)c4)cc3)cc(N[C@H]3CC[C@H](N)CC3)nc12. The molecule has 0 spiro atoms.